The standard InChI is InChI=1S/C14H19FN2O2/c1-10(17-6-2-3-7-17)9-16-14(19)12-5-4-11(15)8-13(12)18/h4-5,8,10,18H,2-3,6-7,9H2,1H3,(H,16,19). The molecule has 2 N–H and O–H groups in total. The van der Waals surface area contributed by atoms with Crippen molar-refractivity contribution in [1.29, 1.82) is 0 Å². The minimum atomic E-state index is -0.556. The predicted octanol–water partition coefficient (Wildman–Crippen LogP) is 1.75. The minimum Gasteiger partial charge on any atom is -0.507 e. The summed E-state index contributed by atoms with van der Waals surface area (Å²) in [6.07, 6.45) is 2.41. The van der Waals surface area contributed by atoms with Gasteiger partial charge in [0.15, 0.2) is 0 Å². The van der Waals surface area contributed by atoms with Crippen LogP contribution in [0.4, 0.5) is 4.39 Å². The highest BCUT2D eigenvalue weighted by Crippen LogP contribution is 2.18. The van der Waals surface area contributed by atoms with Crippen molar-refractivity contribution in [2.75, 3.05) is 19.6 Å². The number of phenolic OH excluding ortho intramolecular Hbond substituents is 1. The van der Waals surface area contributed by atoms with Gasteiger partial charge in [-0.2, -0.15) is 0 Å². The maximum Gasteiger partial charge on any atom is 0.255 e. The molecule has 1 unspecified atom stereocenters. The summed E-state index contributed by atoms with van der Waals surface area (Å²) in [5, 5.41) is 12.3. The maximum absolute atomic E-state index is 12.8. The molecule has 1 aromatic carbocycles. The molecule has 0 aromatic heterocycles. The number of halogens is 1. The van der Waals surface area contributed by atoms with E-state index >= 15 is 0 Å². The van der Waals surface area contributed by atoms with Crippen molar-refractivity contribution in [2.45, 2.75) is 25.8 Å². The fraction of sp³-hybridized carbons (Fsp3) is 0.500. The lowest BCUT2D eigenvalue weighted by Crippen LogP contribution is -2.40. The quantitative estimate of drug-likeness (QED) is 0.873. The average molecular weight is 266 g/mol. The summed E-state index contributed by atoms with van der Waals surface area (Å²) in [5.41, 5.74) is 0.107. The zero-order valence-electron chi connectivity index (χ0n) is 11.0. The highest BCUT2D eigenvalue weighted by molar-refractivity contribution is 5.96. The number of hydrogen-bond donors (Lipinski definition) is 2. The van der Waals surface area contributed by atoms with Gasteiger partial charge < -0.3 is 10.4 Å². The Labute approximate surface area is 112 Å². The molecule has 1 atom stereocenters. The zero-order valence-corrected chi connectivity index (χ0v) is 11.0. The molecule has 4 nitrogen and oxygen atoms in total. The van der Waals surface area contributed by atoms with Gasteiger partial charge in [0, 0.05) is 18.7 Å². The number of aromatic hydroxyl groups is 1. The van der Waals surface area contributed by atoms with E-state index < -0.39 is 5.82 Å². The number of nitrogens with zero attached hydrogens (tertiary/aromatic N) is 1. The second-order valence-corrected chi connectivity index (χ2v) is 4.96. The van der Waals surface area contributed by atoms with Crippen LogP contribution in [-0.2, 0) is 0 Å². The van der Waals surface area contributed by atoms with Crippen LogP contribution in [0.5, 0.6) is 5.75 Å². The summed E-state index contributed by atoms with van der Waals surface area (Å²) in [4.78, 5) is 14.2. The van der Waals surface area contributed by atoms with Crippen LogP contribution >= 0.6 is 0 Å². The van der Waals surface area contributed by atoms with Crippen LogP contribution in [0.3, 0.4) is 0 Å². The number of likely N-dealkylation sites (tertiary alicyclic amines) is 1. The van der Waals surface area contributed by atoms with Crippen molar-refractivity contribution in [3.8, 4) is 5.75 Å². The maximum atomic E-state index is 12.8. The fourth-order valence-corrected chi connectivity index (χ4v) is 2.34. The third kappa shape index (κ3) is 3.44. The molecule has 0 spiro atoms. The molecule has 19 heavy (non-hydrogen) atoms. The highest BCUT2D eigenvalue weighted by Gasteiger charge is 2.19. The number of carbonyl (C=O) groups excluding carboxylic acids is 1. The first kappa shape index (κ1) is 13.8. The Kier molecular flexibility index (Phi) is 4.37. The van der Waals surface area contributed by atoms with Crippen molar-refractivity contribution < 1.29 is 14.3 Å². The summed E-state index contributed by atoms with van der Waals surface area (Å²) in [7, 11) is 0. The monoisotopic (exact) mass is 266 g/mol. The average Bonchev–Trinajstić information content (AvgIpc) is 2.89. The first-order valence-electron chi connectivity index (χ1n) is 6.58. The molecular formula is C14H19FN2O2. The Morgan fingerprint density at radius 2 is 2.16 bits per heavy atom. The van der Waals surface area contributed by atoms with E-state index in [1.807, 2.05) is 0 Å². The van der Waals surface area contributed by atoms with Crippen LogP contribution in [0, 0.1) is 5.82 Å². The lowest BCUT2D eigenvalue weighted by molar-refractivity contribution is 0.0937. The molecule has 0 bridgehead atoms. The van der Waals surface area contributed by atoms with E-state index in [0.29, 0.717) is 6.54 Å². The van der Waals surface area contributed by atoms with Crippen LogP contribution in [-0.4, -0.2) is 41.6 Å². The largest absolute Gasteiger partial charge is 0.507 e. The number of carbonyl (C=O) groups is 1. The Bertz CT molecular complexity index is 459. The van der Waals surface area contributed by atoms with Crippen molar-refractivity contribution in [1.82, 2.24) is 10.2 Å². The van der Waals surface area contributed by atoms with Crippen LogP contribution in [0.1, 0.15) is 30.1 Å². The van der Waals surface area contributed by atoms with Crippen LogP contribution < -0.4 is 5.32 Å². The van der Waals surface area contributed by atoms with E-state index in [4.69, 9.17) is 0 Å². The van der Waals surface area contributed by atoms with Gasteiger partial charge >= 0.3 is 0 Å². The molecule has 1 aliphatic rings. The first-order chi connectivity index (χ1) is 9.08. The van der Waals surface area contributed by atoms with E-state index in [2.05, 4.69) is 17.1 Å². The van der Waals surface area contributed by atoms with Crippen molar-refractivity contribution in [3.63, 3.8) is 0 Å². The van der Waals surface area contributed by atoms with Crippen molar-refractivity contribution in [2.24, 2.45) is 0 Å². The summed E-state index contributed by atoms with van der Waals surface area (Å²) in [5.74, 6) is -1.26. The van der Waals surface area contributed by atoms with Gasteiger partial charge in [0.1, 0.15) is 11.6 Å². The molecule has 1 amide bonds. The second-order valence-electron chi connectivity index (χ2n) is 4.96. The number of benzene rings is 1. The van der Waals surface area contributed by atoms with E-state index in [0.717, 1.165) is 19.2 Å². The topological polar surface area (TPSA) is 52.6 Å². The van der Waals surface area contributed by atoms with Crippen molar-refractivity contribution >= 4 is 5.91 Å². The molecule has 0 radical (unpaired) electrons. The first-order valence-corrected chi connectivity index (χ1v) is 6.58. The smallest absolute Gasteiger partial charge is 0.255 e. The molecule has 1 heterocycles. The van der Waals surface area contributed by atoms with Gasteiger partial charge in [-0.05, 0) is 45.0 Å². The van der Waals surface area contributed by atoms with Gasteiger partial charge in [0.2, 0.25) is 0 Å². The third-order valence-electron chi connectivity index (χ3n) is 3.53. The van der Waals surface area contributed by atoms with Gasteiger partial charge in [-0.3, -0.25) is 9.69 Å². The second kappa shape index (κ2) is 6.02. The van der Waals surface area contributed by atoms with Crippen LogP contribution in [0.2, 0.25) is 0 Å². The van der Waals surface area contributed by atoms with Gasteiger partial charge in [-0.25, -0.2) is 4.39 Å². The zero-order chi connectivity index (χ0) is 13.8. The Balaban J connectivity index is 1.90. The third-order valence-corrected chi connectivity index (χ3v) is 3.53. The van der Waals surface area contributed by atoms with E-state index in [9.17, 15) is 14.3 Å². The molecule has 2 rings (SSSR count). The lowest BCUT2D eigenvalue weighted by Gasteiger charge is -2.23. The summed E-state index contributed by atoms with van der Waals surface area (Å²) in [6, 6.07) is 3.67. The highest BCUT2D eigenvalue weighted by atomic mass is 19.1. The minimum absolute atomic E-state index is 0.107. The molecule has 1 saturated heterocycles. The molecule has 1 aromatic rings. The Hall–Kier alpha value is -1.62. The molecular weight excluding hydrogens is 247 g/mol. The number of nitrogens with one attached hydrogen (secondary N) is 1. The van der Waals surface area contributed by atoms with Crippen LogP contribution in [0.15, 0.2) is 18.2 Å². The van der Waals surface area contributed by atoms with Gasteiger partial charge in [-0.1, -0.05) is 0 Å². The fourth-order valence-electron chi connectivity index (χ4n) is 2.34. The van der Waals surface area contributed by atoms with Gasteiger partial charge in [0.25, 0.3) is 5.91 Å². The van der Waals surface area contributed by atoms with E-state index in [1.54, 1.807) is 0 Å². The molecule has 1 fully saturated rings. The number of amides is 1. The normalized spacial score (nSPS) is 17.4. The van der Waals surface area contributed by atoms with E-state index in [-0.39, 0.29) is 23.3 Å². The Morgan fingerprint density at radius 3 is 2.79 bits per heavy atom. The number of phenols is 1. The number of hydrogen-bond acceptors (Lipinski definition) is 3. The van der Waals surface area contributed by atoms with Crippen LogP contribution in [0.25, 0.3) is 0 Å². The van der Waals surface area contributed by atoms with E-state index in [1.165, 1.54) is 25.0 Å². The SMILES string of the molecule is CC(CNC(=O)c1ccc(F)cc1O)N1CCCC1. The molecule has 0 aliphatic carbocycles. The molecule has 0 saturated carbocycles. The lowest BCUT2D eigenvalue weighted by atomic mass is 10.1. The predicted molar refractivity (Wildman–Crippen MR) is 70.7 cm³/mol. The molecule has 5 heteroatoms. The van der Waals surface area contributed by atoms with Gasteiger partial charge in [0.05, 0.1) is 5.56 Å². The van der Waals surface area contributed by atoms with Gasteiger partial charge in [-0.15, -0.1) is 0 Å². The number of rotatable bonds is 4. The molecule has 104 valence electrons. The molecule has 1 aliphatic heterocycles. The van der Waals surface area contributed by atoms with Crippen molar-refractivity contribution in [3.05, 3.63) is 29.6 Å². The summed E-state index contributed by atoms with van der Waals surface area (Å²) in [6.45, 7) is 4.73. The summed E-state index contributed by atoms with van der Waals surface area (Å²) >= 11 is 0. The summed E-state index contributed by atoms with van der Waals surface area (Å²) < 4.78 is 12.8. The Morgan fingerprint density at radius 1 is 1.47 bits per heavy atom.